The fourth-order valence-corrected chi connectivity index (χ4v) is 5.87. The molecule has 0 radical (unpaired) electrons. The summed E-state index contributed by atoms with van der Waals surface area (Å²) < 4.78 is 0. The van der Waals surface area contributed by atoms with Gasteiger partial charge in [-0.25, -0.2) is 9.97 Å². The van der Waals surface area contributed by atoms with E-state index in [2.05, 4.69) is 10.6 Å². The number of nitrogens with zero attached hydrogens (tertiary/aromatic N) is 2. The Morgan fingerprint density at radius 2 is 1.02 bits per heavy atom. The lowest BCUT2D eigenvalue weighted by Crippen LogP contribution is -2.42. The molecule has 0 aliphatic rings. The molecule has 6 nitrogen and oxygen atoms in total. The summed E-state index contributed by atoms with van der Waals surface area (Å²) in [6, 6.07) is 31.4. The van der Waals surface area contributed by atoms with Crippen LogP contribution in [-0.2, 0) is 0 Å². The molecule has 0 spiro atoms. The lowest BCUT2D eigenvalue weighted by atomic mass is 9.96. The van der Waals surface area contributed by atoms with Crippen molar-refractivity contribution in [3.05, 3.63) is 130 Å². The number of carbonyl (C=O) groups is 2. The number of para-hydroxylation sites is 2. The van der Waals surface area contributed by atoms with Gasteiger partial charge in [0, 0.05) is 34.5 Å². The molecule has 2 N–H and O–H groups in total. The van der Waals surface area contributed by atoms with Gasteiger partial charge in [-0.15, -0.1) is 0 Å². The van der Waals surface area contributed by atoms with Crippen LogP contribution in [0.1, 0.15) is 49.9 Å². The Bertz CT molecular complexity index is 2070. The highest BCUT2D eigenvalue weighted by atomic mass is 16.2. The van der Waals surface area contributed by atoms with Crippen molar-refractivity contribution in [3.8, 4) is 22.5 Å². The number of fused-ring (bicyclic) bond motifs is 2. The molecule has 224 valence electrons. The zero-order valence-electron chi connectivity index (χ0n) is 26.2. The number of amides is 2. The van der Waals surface area contributed by atoms with Gasteiger partial charge in [-0.3, -0.25) is 9.59 Å². The Morgan fingerprint density at radius 1 is 0.600 bits per heavy atom. The third-order valence-electron chi connectivity index (χ3n) is 8.32. The predicted molar refractivity (Wildman–Crippen MR) is 183 cm³/mol. The molecule has 0 unspecified atom stereocenters. The second-order valence-corrected chi connectivity index (χ2v) is 11.8. The monoisotopic (exact) mass is 592 g/mol. The first-order chi connectivity index (χ1) is 21.7. The highest BCUT2D eigenvalue weighted by Crippen LogP contribution is 2.31. The molecule has 6 aromatic rings. The van der Waals surface area contributed by atoms with E-state index in [1.54, 1.807) is 0 Å². The fraction of sp³-hybridized carbons (Fsp3) is 0.179. The van der Waals surface area contributed by atoms with E-state index in [0.29, 0.717) is 11.1 Å². The molecule has 0 aliphatic carbocycles. The Kier molecular flexibility index (Phi) is 8.14. The van der Waals surface area contributed by atoms with E-state index >= 15 is 0 Å². The maximum atomic E-state index is 13.8. The Balaban J connectivity index is 1.26. The molecule has 4 aromatic carbocycles. The third-order valence-corrected chi connectivity index (χ3v) is 8.32. The molecule has 1 atom stereocenters. The van der Waals surface area contributed by atoms with Crippen LogP contribution < -0.4 is 10.6 Å². The van der Waals surface area contributed by atoms with Gasteiger partial charge in [-0.05, 0) is 57.9 Å². The summed E-state index contributed by atoms with van der Waals surface area (Å²) in [6.45, 7) is 10.1. The summed E-state index contributed by atoms with van der Waals surface area (Å²) in [5.74, 6) is -0.402. The van der Waals surface area contributed by atoms with E-state index in [0.717, 1.165) is 66.6 Å². The number of benzene rings is 4. The van der Waals surface area contributed by atoms with Gasteiger partial charge in [-0.1, -0.05) is 96.1 Å². The van der Waals surface area contributed by atoms with Gasteiger partial charge in [0.05, 0.1) is 33.5 Å². The molecule has 0 saturated heterocycles. The van der Waals surface area contributed by atoms with Crippen molar-refractivity contribution in [3.63, 3.8) is 0 Å². The van der Waals surface area contributed by atoms with Crippen molar-refractivity contribution in [1.82, 2.24) is 20.6 Å². The molecule has 0 saturated carbocycles. The Morgan fingerprint density at radius 3 is 1.49 bits per heavy atom. The first-order valence-corrected chi connectivity index (χ1v) is 15.2. The third kappa shape index (κ3) is 5.92. The van der Waals surface area contributed by atoms with Crippen molar-refractivity contribution in [2.24, 2.45) is 0 Å². The summed E-state index contributed by atoms with van der Waals surface area (Å²) in [7, 11) is 0. The molecule has 0 fully saturated rings. The van der Waals surface area contributed by atoms with Gasteiger partial charge < -0.3 is 10.6 Å². The summed E-state index contributed by atoms with van der Waals surface area (Å²) in [5.41, 5.74) is 10.1. The van der Waals surface area contributed by atoms with E-state index in [1.807, 2.05) is 132 Å². The number of rotatable bonds is 7. The molecular weight excluding hydrogens is 556 g/mol. The Hall–Kier alpha value is -5.36. The summed E-state index contributed by atoms with van der Waals surface area (Å²) in [6.07, 6.45) is 0. The highest BCUT2D eigenvalue weighted by molar-refractivity contribution is 6.10. The quantitative estimate of drug-likeness (QED) is 0.197. The number of aryl methyl sites for hydroxylation is 2. The van der Waals surface area contributed by atoms with E-state index in [9.17, 15) is 9.59 Å². The van der Waals surface area contributed by atoms with Gasteiger partial charge in [0.25, 0.3) is 11.8 Å². The van der Waals surface area contributed by atoms with Crippen LogP contribution in [0.3, 0.4) is 0 Å². The molecule has 6 heteroatoms. The average molecular weight is 593 g/mol. The summed E-state index contributed by atoms with van der Waals surface area (Å²) >= 11 is 0. The van der Waals surface area contributed by atoms with E-state index in [-0.39, 0.29) is 24.4 Å². The minimum Gasteiger partial charge on any atom is -0.350 e. The largest absolute Gasteiger partial charge is 0.350 e. The van der Waals surface area contributed by atoms with E-state index < -0.39 is 0 Å². The zero-order valence-corrected chi connectivity index (χ0v) is 26.2. The average Bonchev–Trinajstić information content (AvgIpc) is 3.04. The van der Waals surface area contributed by atoms with Crippen LogP contribution in [0.5, 0.6) is 0 Å². The van der Waals surface area contributed by atoms with Crippen molar-refractivity contribution >= 4 is 33.6 Å². The van der Waals surface area contributed by atoms with Crippen LogP contribution in [0.4, 0.5) is 0 Å². The number of aromatic nitrogens is 2. The summed E-state index contributed by atoms with van der Waals surface area (Å²) in [5, 5.41) is 7.79. The second kappa shape index (κ2) is 12.3. The van der Waals surface area contributed by atoms with Crippen molar-refractivity contribution in [1.29, 1.82) is 0 Å². The molecule has 2 heterocycles. The zero-order chi connectivity index (χ0) is 31.7. The molecule has 0 aliphatic heterocycles. The molecule has 2 aromatic heterocycles. The molecule has 45 heavy (non-hydrogen) atoms. The Labute approximate surface area is 263 Å². The molecular formula is C39H36N4O2. The van der Waals surface area contributed by atoms with Crippen LogP contribution in [0.25, 0.3) is 44.3 Å². The number of hydrogen-bond donors (Lipinski definition) is 2. The van der Waals surface area contributed by atoms with Crippen molar-refractivity contribution in [2.45, 2.75) is 40.7 Å². The van der Waals surface area contributed by atoms with Gasteiger partial charge in [0.1, 0.15) is 0 Å². The highest BCUT2D eigenvalue weighted by Gasteiger charge is 2.22. The van der Waals surface area contributed by atoms with Crippen LogP contribution in [0, 0.1) is 27.7 Å². The number of hydrogen-bond acceptors (Lipinski definition) is 4. The summed E-state index contributed by atoms with van der Waals surface area (Å²) in [4.78, 5) is 37.4. The van der Waals surface area contributed by atoms with Gasteiger partial charge in [-0.2, -0.15) is 0 Å². The first kappa shape index (κ1) is 29.7. The van der Waals surface area contributed by atoms with Crippen LogP contribution in [0.2, 0.25) is 0 Å². The van der Waals surface area contributed by atoms with Crippen molar-refractivity contribution < 1.29 is 9.59 Å². The second-order valence-electron chi connectivity index (χ2n) is 11.8. The first-order valence-electron chi connectivity index (χ1n) is 15.2. The van der Waals surface area contributed by atoms with Gasteiger partial charge in [0.15, 0.2) is 0 Å². The lowest BCUT2D eigenvalue weighted by molar-refractivity contribution is 0.0913. The molecule has 0 bridgehead atoms. The predicted octanol–water partition coefficient (Wildman–Crippen LogP) is 7.90. The standard InChI is InChI=1S/C39H36N4O2/c1-23-14-18-28(19-15-23)36-26(4)34(30-10-6-8-12-32(30)42-36)38(44)40-22-25(3)41-39(45)35-27(5)37(29-20-16-24(2)17-21-29)43-33-13-9-7-11-31(33)35/h6-21,25H,22H2,1-5H3,(H,40,44)(H,41,45)/t25-/m1/s1. The number of carbonyl (C=O) groups excluding carboxylic acids is 2. The van der Waals surface area contributed by atoms with Gasteiger partial charge in [0.2, 0.25) is 0 Å². The smallest absolute Gasteiger partial charge is 0.252 e. The number of nitrogens with one attached hydrogen (secondary N) is 2. The van der Waals surface area contributed by atoms with Gasteiger partial charge >= 0.3 is 0 Å². The lowest BCUT2D eigenvalue weighted by Gasteiger charge is -2.19. The maximum Gasteiger partial charge on any atom is 0.252 e. The maximum absolute atomic E-state index is 13.8. The van der Waals surface area contributed by atoms with Crippen LogP contribution in [-0.4, -0.2) is 34.4 Å². The minimum absolute atomic E-state index is 0.201. The van der Waals surface area contributed by atoms with Crippen LogP contribution in [0.15, 0.2) is 97.1 Å². The van der Waals surface area contributed by atoms with Crippen molar-refractivity contribution in [2.75, 3.05) is 6.54 Å². The number of pyridine rings is 2. The van der Waals surface area contributed by atoms with E-state index in [1.165, 1.54) is 0 Å². The molecule has 6 rings (SSSR count). The topological polar surface area (TPSA) is 84.0 Å². The fourth-order valence-electron chi connectivity index (χ4n) is 5.87. The van der Waals surface area contributed by atoms with Crippen LogP contribution >= 0.6 is 0 Å². The normalized spacial score (nSPS) is 11.8. The SMILES string of the molecule is Cc1ccc(-c2nc3ccccc3c(C(=O)NC[C@@H](C)NC(=O)c3c(C)c(-c4ccc(C)cc4)nc4ccccc34)c2C)cc1. The minimum atomic E-state index is -0.333. The molecule has 2 amide bonds. The van der Waals surface area contributed by atoms with E-state index in [4.69, 9.17) is 9.97 Å².